The van der Waals surface area contributed by atoms with E-state index in [1.807, 2.05) is 13.0 Å². The molecule has 2 spiro atoms. The minimum Gasteiger partial charge on any atom is -0.493 e. The van der Waals surface area contributed by atoms with E-state index in [-0.39, 0.29) is 29.0 Å². The van der Waals surface area contributed by atoms with Gasteiger partial charge in [0.25, 0.3) is 5.91 Å². The Bertz CT molecular complexity index is 2520. The fraction of sp³-hybridized carbons (Fsp3) is 0.457. The van der Waals surface area contributed by atoms with Crippen molar-refractivity contribution in [3.63, 3.8) is 0 Å². The van der Waals surface area contributed by atoms with Crippen LogP contribution in [0.4, 0.5) is 5.82 Å². The molecule has 14 heteroatoms. The van der Waals surface area contributed by atoms with Crippen molar-refractivity contribution < 1.29 is 14.3 Å². The van der Waals surface area contributed by atoms with Gasteiger partial charge in [-0.15, -0.1) is 31.7 Å². The van der Waals surface area contributed by atoms with Crippen molar-refractivity contribution in [2.45, 2.75) is 103 Å². The Morgan fingerprint density at radius 1 is 0.967 bits per heavy atom. The SMILES string of the molecule is Cc1sc2c(c1C)C(c1ccc(OCC3CC4(CCCN(c5ccc(C(=O)NC6CCC(Oc7ccc(C#N)c(Cl)c7)CC6)nn5)C4)C3)cc1)=NC1(CC1)c1nnc(C)n1-2. The van der Waals surface area contributed by atoms with Crippen molar-refractivity contribution in [3.05, 3.63) is 104 Å². The van der Waals surface area contributed by atoms with Crippen LogP contribution in [0, 0.1) is 43.4 Å². The molecule has 10 rings (SSSR count). The first-order valence-corrected chi connectivity index (χ1v) is 22.4. The molecular weight excluding hydrogens is 794 g/mol. The number of thiophene rings is 1. The average Bonchev–Trinajstić information content (AvgIpc) is 3.86. The minimum atomic E-state index is -0.295. The number of carbonyl (C=O) groups excluding carboxylic acids is 1. The number of aliphatic imine (C=N–C) groups is 1. The number of amides is 1. The number of carbonyl (C=O) groups is 1. The van der Waals surface area contributed by atoms with E-state index in [0.29, 0.717) is 34.6 Å². The van der Waals surface area contributed by atoms with Crippen molar-refractivity contribution in [2.75, 3.05) is 24.6 Å². The van der Waals surface area contributed by atoms with Crippen LogP contribution in [0.25, 0.3) is 5.00 Å². The van der Waals surface area contributed by atoms with Gasteiger partial charge >= 0.3 is 0 Å². The number of nitrogens with zero attached hydrogens (tertiary/aromatic N) is 8. The number of rotatable bonds is 9. The van der Waals surface area contributed by atoms with Gasteiger partial charge in [-0.2, -0.15) is 5.26 Å². The molecule has 0 atom stereocenters. The zero-order valence-electron chi connectivity index (χ0n) is 34.2. The predicted octanol–water partition coefficient (Wildman–Crippen LogP) is 8.60. The van der Waals surface area contributed by atoms with E-state index >= 15 is 0 Å². The lowest BCUT2D eigenvalue weighted by Gasteiger charge is -2.53. The number of aromatic nitrogens is 5. The average molecular weight is 842 g/mol. The Kier molecular flexibility index (Phi) is 9.91. The molecular formula is C46H48ClN9O3S. The first-order chi connectivity index (χ1) is 29.1. The Balaban J connectivity index is 0.705. The number of anilines is 1. The summed E-state index contributed by atoms with van der Waals surface area (Å²) in [6.45, 7) is 9.01. The molecule has 308 valence electrons. The summed E-state index contributed by atoms with van der Waals surface area (Å²) in [5.41, 5.74) is 5.33. The van der Waals surface area contributed by atoms with E-state index in [0.717, 1.165) is 105 Å². The maximum atomic E-state index is 13.1. The Morgan fingerprint density at radius 2 is 1.75 bits per heavy atom. The number of nitrogens with one attached hydrogen (secondary N) is 1. The molecule has 1 N–H and O–H groups in total. The lowest BCUT2D eigenvalue weighted by atomic mass is 9.58. The molecule has 4 fully saturated rings. The largest absolute Gasteiger partial charge is 0.493 e. The summed E-state index contributed by atoms with van der Waals surface area (Å²) in [7, 11) is 0. The van der Waals surface area contributed by atoms with Gasteiger partial charge in [-0.25, -0.2) is 0 Å². The maximum Gasteiger partial charge on any atom is 0.272 e. The molecule has 1 amide bonds. The molecule has 3 aliphatic carbocycles. The van der Waals surface area contributed by atoms with Crippen molar-refractivity contribution in [3.8, 4) is 22.6 Å². The molecule has 3 aromatic heterocycles. The van der Waals surface area contributed by atoms with E-state index in [2.05, 4.69) is 79.4 Å². The smallest absolute Gasteiger partial charge is 0.272 e. The second kappa shape index (κ2) is 15.3. The third-order valence-electron chi connectivity index (χ3n) is 13.4. The summed E-state index contributed by atoms with van der Waals surface area (Å²) in [6.07, 6.45) is 9.82. The molecule has 2 aromatic carbocycles. The standard InChI is InChI=1S/C46H48ClN9O3S/c1-27-28(2)60-43-40(27)41(50-46(18-19-46)44-54-51-29(3)56(43)44)31-5-10-34(11-6-31)58-25-30-22-45(23-30)17-4-20-55(26-45)39-16-15-38(52-53-39)42(57)49-33-8-13-35(14-9-33)59-36-12-7-32(24-48)37(47)21-36/h5-7,10-12,15-16,21,30,33,35H,4,8-9,13-14,17-20,22-23,25-26H2,1-3H3,(H,49,57). The number of hydrogen-bond acceptors (Lipinski definition) is 11. The predicted molar refractivity (Wildman–Crippen MR) is 231 cm³/mol. The Hall–Kier alpha value is -5.32. The van der Waals surface area contributed by atoms with E-state index in [1.54, 1.807) is 35.6 Å². The molecule has 2 aliphatic heterocycles. The molecule has 1 saturated heterocycles. The lowest BCUT2D eigenvalue weighted by molar-refractivity contribution is 0.0113. The van der Waals surface area contributed by atoms with E-state index < -0.39 is 0 Å². The van der Waals surface area contributed by atoms with Gasteiger partial charge in [-0.3, -0.25) is 14.4 Å². The van der Waals surface area contributed by atoms with Gasteiger partial charge in [0, 0.05) is 41.2 Å². The van der Waals surface area contributed by atoms with Crippen molar-refractivity contribution >= 4 is 40.4 Å². The van der Waals surface area contributed by atoms with Crippen molar-refractivity contribution in [1.29, 1.82) is 5.26 Å². The topological polar surface area (TPSA) is 143 Å². The van der Waals surface area contributed by atoms with Crippen LogP contribution in [0.1, 0.15) is 113 Å². The zero-order chi connectivity index (χ0) is 41.2. The maximum absolute atomic E-state index is 13.1. The number of aryl methyl sites for hydroxylation is 2. The Labute approximate surface area is 359 Å². The number of fused-ring (bicyclic) bond motifs is 4. The van der Waals surface area contributed by atoms with Crippen LogP contribution in [-0.4, -0.2) is 68.4 Å². The highest BCUT2D eigenvalue weighted by Gasteiger charge is 2.52. The van der Waals surface area contributed by atoms with Crippen molar-refractivity contribution in [1.82, 2.24) is 30.3 Å². The highest BCUT2D eigenvalue weighted by molar-refractivity contribution is 7.15. The summed E-state index contributed by atoms with van der Waals surface area (Å²) >= 11 is 7.97. The van der Waals surface area contributed by atoms with Crippen LogP contribution in [0.2, 0.25) is 5.02 Å². The molecule has 0 radical (unpaired) electrons. The highest BCUT2D eigenvalue weighted by Crippen LogP contribution is 2.54. The van der Waals surface area contributed by atoms with Gasteiger partial charge in [0.1, 0.15) is 33.9 Å². The van der Waals surface area contributed by atoms with Gasteiger partial charge in [0.2, 0.25) is 0 Å². The van der Waals surface area contributed by atoms with Crippen LogP contribution in [0.3, 0.4) is 0 Å². The van der Waals surface area contributed by atoms with Gasteiger partial charge < -0.3 is 19.7 Å². The fourth-order valence-corrected chi connectivity index (χ4v) is 11.3. The number of halogens is 1. The van der Waals surface area contributed by atoms with Gasteiger partial charge in [0.15, 0.2) is 17.3 Å². The molecule has 12 nitrogen and oxygen atoms in total. The third kappa shape index (κ3) is 7.21. The Morgan fingerprint density at radius 3 is 2.47 bits per heavy atom. The van der Waals surface area contributed by atoms with Gasteiger partial charge in [0.05, 0.1) is 29.0 Å². The van der Waals surface area contributed by atoms with Crippen LogP contribution in [0.5, 0.6) is 11.5 Å². The number of ether oxygens (including phenoxy) is 2. The normalized spacial score (nSPS) is 23.8. The fourth-order valence-electron chi connectivity index (χ4n) is 9.93. The summed E-state index contributed by atoms with van der Waals surface area (Å²) in [4.78, 5) is 22.2. The van der Waals surface area contributed by atoms with Crippen LogP contribution in [-0.2, 0) is 5.54 Å². The van der Waals surface area contributed by atoms with E-state index in [9.17, 15) is 4.79 Å². The monoisotopic (exact) mass is 841 g/mol. The number of hydrogen-bond donors (Lipinski definition) is 1. The van der Waals surface area contributed by atoms with Crippen molar-refractivity contribution in [2.24, 2.45) is 16.3 Å². The molecule has 0 bridgehead atoms. The lowest BCUT2D eigenvalue weighted by Crippen LogP contribution is -2.51. The summed E-state index contributed by atoms with van der Waals surface area (Å²) in [5, 5.41) is 31.8. The van der Waals surface area contributed by atoms with E-state index in [4.69, 9.17) is 31.3 Å². The number of piperidine rings is 1. The summed E-state index contributed by atoms with van der Waals surface area (Å²) in [6, 6.07) is 19.5. The molecule has 5 heterocycles. The minimum absolute atomic E-state index is 0.0358. The highest BCUT2D eigenvalue weighted by atomic mass is 35.5. The van der Waals surface area contributed by atoms with Gasteiger partial charge in [-0.05, 0) is 150 Å². The second-order valence-corrected chi connectivity index (χ2v) is 19.2. The third-order valence-corrected chi connectivity index (χ3v) is 14.9. The molecule has 5 aromatic rings. The number of nitriles is 1. The molecule has 60 heavy (non-hydrogen) atoms. The van der Waals surface area contributed by atoms with Crippen LogP contribution in [0.15, 0.2) is 59.6 Å². The molecule has 0 unspecified atom stereocenters. The van der Waals surface area contributed by atoms with Gasteiger partial charge in [-0.1, -0.05) is 11.6 Å². The van der Waals surface area contributed by atoms with Crippen LogP contribution < -0.4 is 19.7 Å². The first-order valence-electron chi connectivity index (χ1n) is 21.2. The first kappa shape index (κ1) is 38.9. The second-order valence-electron chi connectivity index (χ2n) is 17.6. The van der Waals surface area contributed by atoms with Crippen LogP contribution >= 0.6 is 22.9 Å². The summed E-state index contributed by atoms with van der Waals surface area (Å²) < 4.78 is 14.8. The number of benzene rings is 2. The molecule has 5 aliphatic rings. The summed E-state index contributed by atoms with van der Waals surface area (Å²) in [5.74, 6) is 4.56. The van der Waals surface area contributed by atoms with E-state index in [1.165, 1.54) is 27.4 Å². The molecule has 3 saturated carbocycles. The quantitative estimate of drug-likeness (QED) is 0.154. The zero-order valence-corrected chi connectivity index (χ0v) is 35.8.